The van der Waals surface area contributed by atoms with Gasteiger partial charge in [0.05, 0.1) is 6.61 Å². The average Bonchev–Trinajstić information content (AvgIpc) is 2.12. The fraction of sp³-hybridized carbons (Fsp3) is 1.00. The molecule has 84 valence electrons. The molecule has 1 unspecified atom stereocenters. The van der Waals surface area contributed by atoms with E-state index in [-0.39, 0.29) is 0 Å². The number of piperidine rings is 1. The van der Waals surface area contributed by atoms with Crippen LogP contribution in [-0.2, 0) is 4.74 Å². The minimum atomic E-state index is 0.653. The molecule has 14 heavy (non-hydrogen) atoms. The second kappa shape index (κ2) is 6.81. The van der Waals surface area contributed by atoms with Gasteiger partial charge >= 0.3 is 0 Å². The molecule has 1 aliphatic heterocycles. The molecule has 0 aromatic heterocycles. The lowest BCUT2D eigenvalue weighted by Gasteiger charge is -2.29. The van der Waals surface area contributed by atoms with Crippen LogP contribution in [0.2, 0.25) is 0 Å². The predicted molar refractivity (Wildman–Crippen MR) is 64.0 cm³/mol. The molecule has 1 atom stereocenters. The summed E-state index contributed by atoms with van der Waals surface area (Å²) in [6.07, 6.45) is 2.64. The third-order valence-corrected chi connectivity index (χ3v) is 3.20. The minimum Gasteiger partial charge on any atom is -0.380 e. The zero-order valence-corrected chi connectivity index (χ0v) is 10.9. The van der Waals surface area contributed by atoms with Crippen LogP contribution >= 0.6 is 15.9 Å². The number of alkyl halides is 1. The van der Waals surface area contributed by atoms with Crippen molar-refractivity contribution in [1.29, 1.82) is 0 Å². The van der Waals surface area contributed by atoms with Gasteiger partial charge in [0.15, 0.2) is 0 Å². The van der Waals surface area contributed by atoms with Crippen molar-refractivity contribution in [3.63, 3.8) is 0 Å². The van der Waals surface area contributed by atoms with E-state index in [1.807, 2.05) is 0 Å². The molecule has 1 saturated heterocycles. The minimum absolute atomic E-state index is 0.653. The summed E-state index contributed by atoms with van der Waals surface area (Å²) in [5, 5.41) is 0. The largest absolute Gasteiger partial charge is 0.380 e. The molecule has 1 rings (SSSR count). The normalized spacial score (nSPS) is 24.4. The van der Waals surface area contributed by atoms with Crippen molar-refractivity contribution in [3.8, 4) is 0 Å². The number of rotatable bonds is 5. The summed E-state index contributed by atoms with van der Waals surface area (Å²) in [5.41, 5.74) is 0. The molecule has 0 radical (unpaired) electrons. The van der Waals surface area contributed by atoms with E-state index in [2.05, 4.69) is 34.7 Å². The molecule has 0 aliphatic carbocycles. The van der Waals surface area contributed by atoms with Crippen LogP contribution in [0, 0.1) is 5.92 Å². The summed E-state index contributed by atoms with van der Waals surface area (Å²) >= 11 is 3.68. The fourth-order valence-electron chi connectivity index (χ4n) is 1.71. The number of halogens is 1. The smallest absolute Gasteiger partial charge is 0.0593 e. The van der Waals surface area contributed by atoms with Crippen molar-refractivity contribution in [2.24, 2.45) is 5.92 Å². The highest BCUT2D eigenvalue weighted by molar-refractivity contribution is 9.09. The van der Waals surface area contributed by atoms with Gasteiger partial charge in [-0.25, -0.2) is 0 Å². The Hall–Kier alpha value is 0.400. The Balaban J connectivity index is 2.00. The van der Waals surface area contributed by atoms with Crippen LogP contribution in [0.4, 0.5) is 0 Å². The van der Waals surface area contributed by atoms with E-state index < -0.39 is 0 Å². The highest BCUT2D eigenvalue weighted by Gasteiger charge is 2.16. The van der Waals surface area contributed by atoms with Crippen molar-refractivity contribution in [3.05, 3.63) is 0 Å². The quantitative estimate of drug-likeness (QED) is 0.559. The molecule has 0 N–H and O–H groups in total. The first-order valence-electron chi connectivity index (χ1n) is 5.62. The van der Waals surface area contributed by atoms with Crippen LogP contribution in [0.3, 0.4) is 0 Å². The van der Waals surface area contributed by atoms with Crippen LogP contribution in [0.1, 0.15) is 26.7 Å². The van der Waals surface area contributed by atoms with Crippen molar-refractivity contribution in [2.75, 3.05) is 32.8 Å². The highest BCUT2D eigenvalue weighted by Crippen LogP contribution is 2.16. The zero-order chi connectivity index (χ0) is 10.4. The van der Waals surface area contributed by atoms with Crippen molar-refractivity contribution < 1.29 is 4.74 Å². The highest BCUT2D eigenvalue weighted by atomic mass is 79.9. The van der Waals surface area contributed by atoms with Gasteiger partial charge in [-0.15, -0.1) is 0 Å². The van der Waals surface area contributed by atoms with E-state index in [1.165, 1.54) is 25.9 Å². The Morgan fingerprint density at radius 2 is 2.29 bits per heavy atom. The van der Waals surface area contributed by atoms with Gasteiger partial charge in [-0.2, -0.15) is 0 Å². The number of hydrogen-bond acceptors (Lipinski definition) is 2. The summed E-state index contributed by atoms with van der Waals surface area (Å²) in [7, 11) is 0. The van der Waals surface area contributed by atoms with Gasteiger partial charge in [-0.3, -0.25) is 4.90 Å². The van der Waals surface area contributed by atoms with Gasteiger partial charge in [-0.1, -0.05) is 29.8 Å². The maximum Gasteiger partial charge on any atom is 0.0593 e. The fourth-order valence-corrected chi connectivity index (χ4v) is 2.45. The summed E-state index contributed by atoms with van der Waals surface area (Å²) in [4.78, 5) is 3.19. The van der Waals surface area contributed by atoms with Crippen molar-refractivity contribution >= 4 is 15.9 Å². The van der Waals surface area contributed by atoms with Gasteiger partial charge in [0, 0.05) is 24.5 Å². The first kappa shape index (κ1) is 12.5. The summed E-state index contributed by atoms with van der Waals surface area (Å²) < 4.78 is 5.58. The molecule has 2 nitrogen and oxygen atoms in total. The second-order valence-electron chi connectivity index (χ2n) is 4.51. The van der Waals surface area contributed by atoms with Gasteiger partial charge in [0.1, 0.15) is 0 Å². The van der Waals surface area contributed by atoms with Crippen LogP contribution < -0.4 is 0 Å². The molecule has 3 heteroatoms. The lowest BCUT2D eigenvalue weighted by atomic mass is 10.1. The van der Waals surface area contributed by atoms with Gasteiger partial charge in [-0.05, 0) is 25.3 Å². The molecule has 1 fully saturated rings. The molecule has 0 saturated carbocycles. The molecule has 0 amide bonds. The van der Waals surface area contributed by atoms with Crippen molar-refractivity contribution in [1.82, 2.24) is 4.90 Å². The Morgan fingerprint density at radius 3 is 2.93 bits per heavy atom. The topological polar surface area (TPSA) is 12.5 Å². The van der Waals surface area contributed by atoms with Crippen molar-refractivity contribution in [2.45, 2.75) is 31.5 Å². The predicted octanol–water partition coefficient (Wildman–Crippen LogP) is 2.52. The van der Waals surface area contributed by atoms with E-state index in [9.17, 15) is 0 Å². The zero-order valence-electron chi connectivity index (χ0n) is 9.34. The summed E-state index contributed by atoms with van der Waals surface area (Å²) in [6, 6.07) is 0. The monoisotopic (exact) mass is 263 g/mol. The van der Waals surface area contributed by atoms with E-state index in [0.717, 1.165) is 19.8 Å². The Labute approximate surface area is 96.1 Å². The molecule has 1 heterocycles. The van der Waals surface area contributed by atoms with Gasteiger partial charge in [0.2, 0.25) is 0 Å². The van der Waals surface area contributed by atoms with Crippen LogP contribution in [0.5, 0.6) is 0 Å². The molecule has 0 spiro atoms. The lowest BCUT2D eigenvalue weighted by molar-refractivity contribution is 0.0810. The average molecular weight is 264 g/mol. The first-order valence-corrected chi connectivity index (χ1v) is 6.54. The third kappa shape index (κ3) is 5.32. The van der Waals surface area contributed by atoms with E-state index in [1.54, 1.807) is 0 Å². The number of likely N-dealkylation sites (tertiary alicyclic amines) is 1. The molecule has 0 aromatic rings. The summed E-state index contributed by atoms with van der Waals surface area (Å²) in [5.74, 6) is 0.653. The SMILES string of the molecule is CC(C)COCCN1CCCC(Br)C1. The van der Waals surface area contributed by atoms with E-state index in [4.69, 9.17) is 4.74 Å². The lowest BCUT2D eigenvalue weighted by Crippen LogP contribution is -2.37. The Bertz CT molecular complexity index is 152. The third-order valence-electron chi connectivity index (χ3n) is 2.45. The van der Waals surface area contributed by atoms with Crippen LogP contribution in [0.15, 0.2) is 0 Å². The summed E-state index contributed by atoms with van der Waals surface area (Å²) in [6.45, 7) is 9.68. The maximum absolute atomic E-state index is 5.58. The molecular weight excluding hydrogens is 242 g/mol. The number of nitrogens with zero attached hydrogens (tertiary/aromatic N) is 1. The maximum atomic E-state index is 5.58. The number of ether oxygens (including phenoxy) is 1. The van der Waals surface area contributed by atoms with E-state index >= 15 is 0 Å². The van der Waals surface area contributed by atoms with Gasteiger partial charge in [0.25, 0.3) is 0 Å². The van der Waals surface area contributed by atoms with Crippen LogP contribution in [0.25, 0.3) is 0 Å². The second-order valence-corrected chi connectivity index (χ2v) is 5.80. The van der Waals surface area contributed by atoms with Crippen LogP contribution in [-0.4, -0.2) is 42.6 Å². The first-order chi connectivity index (χ1) is 6.68. The molecular formula is C11H22BrNO. The van der Waals surface area contributed by atoms with E-state index in [0.29, 0.717) is 10.7 Å². The van der Waals surface area contributed by atoms with Gasteiger partial charge < -0.3 is 4.74 Å². The molecule has 0 aromatic carbocycles. The standard InChI is InChI=1S/C11H22BrNO/c1-10(2)9-14-7-6-13-5-3-4-11(12)8-13/h10-11H,3-9H2,1-2H3. The number of hydrogen-bond donors (Lipinski definition) is 0. The Morgan fingerprint density at radius 1 is 1.50 bits per heavy atom. The molecule has 0 bridgehead atoms. The molecule has 1 aliphatic rings. The Kier molecular flexibility index (Phi) is 6.06.